The second kappa shape index (κ2) is 55.0. The molecule has 0 bridgehead atoms. The Balaban J connectivity index is 0.000000615. The topological polar surface area (TPSA) is 330 Å². The van der Waals surface area contributed by atoms with Gasteiger partial charge in [-0.25, -0.2) is 0 Å². The molecule has 0 aromatic carbocycles. The third-order valence-corrected chi connectivity index (χ3v) is 23.0. The van der Waals surface area contributed by atoms with Crippen LogP contribution in [0.4, 0.5) is 0 Å². The Labute approximate surface area is 700 Å². The average molecular weight is 1770 g/mol. The molecular weight excluding hydrogens is 1640 g/mol. The molecule has 0 aliphatic heterocycles. The zero-order chi connectivity index (χ0) is 80.0. The molecule has 0 amide bonds. The van der Waals surface area contributed by atoms with Crippen LogP contribution in [0.1, 0.15) is 199 Å². The minimum absolute atomic E-state index is 0. The van der Waals surface area contributed by atoms with Gasteiger partial charge in [-0.2, -0.15) is 0 Å². The first-order valence-corrected chi connectivity index (χ1v) is 43.3. The summed E-state index contributed by atoms with van der Waals surface area (Å²) in [6, 6.07) is 0. The van der Waals surface area contributed by atoms with E-state index in [1.165, 1.54) is 16.7 Å². The summed E-state index contributed by atoms with van der Waals surface area (Å²) < 4.78 is 52.0. The number of halogens is 2. The number of rotatable bonds is 46. The number of carboxylic acid groups (broad SMARTS) is 1. The first-order chi connectivity index (χ1) is 51.4. The van der Waals surface area contributed by atoms with E-state index in [-0.39, 0.29) is 209 Å². The van der Waals surface area contributed by atoms with Crippen LogP contribution in [-0.4, -0.2) is 196 Å². The predicted molar refractivity (Wildman–Crippen MR) is 429 cm³/mol. The van der Waals surface area contributed by atoms with Crippen LogP contribution in [0.5, 0.6) is 0 Å². The maximum absolute atomic E-state index is 12.8. The third kappa shape index (κ3) is 37.4. The van der Waals surface area contributed by atoms with Gasteiger partial charge in [-0.15, -0.1) is 0 Å². The van der Waals surface area contributed by atoms with Crippen molar-refractivity contribution in [2.45, 2.75) is 254 Å². The number of aliphatic hydroxyl groups is 6. The van der Waals surface area contributed by atoms with E-state index < -0.39 is 61.0 Å². The van der Waals surface area contributed by atoms with Crippen molar-refractivity contribution in [1.82, 2.24) is 0 Å². The van der Waals surface area contributed by atoms with Gasteiger partial charge in [-0.05, 0) is 166 Å². The zero-order valence-corrected chi connectivity index (χ0v) is 74.1. The molecule has 109 heavy (non-hydrogen) atoms. The van der Waals surface area contributed by atoms with Gasteiger partial charge < -0.3 is 83.2 Å². The number of ether oxygens (including phenoxy) is 9. The van der Waals surface area contributed by atoms with E-state index >= 15 is 0 Å². The molecule has 6 aliphatic rings. The summed E-state index contributed by atoms with van der Waals surface area (Å²) in [5, 5.41) is 73.5. The summed E-state index contributed by atoms with van der Waals surface area (Å²) >= 11 is 4.58. The molecule has 0 aromatic rings. The van der Waals surface area contributed by atoms with Crippen molar-refractivity contribution in [1.29, 1.82) is 0 Å². The van der Waals surface area contributed by atoms with Crippen molar-refractivity contribution in [3.05, 3.63) is 71.4 Å². The molecule has 0 fully saturated rings. The smallest absolute Gasteiger partial charge is 0.550 e. The molecule has 6 aliphatic carbocycles. The number of carbonyl (C=O) groups excluding carboxylic acids is 6. The van der Waals surface area contributed by atoms with Crippen molar-refractivity contribution in [3.63, 3.8) is 0 Å². The van der Waals surface area contributed by atoms with Gasteiger partial charge >= 0.3 is 59.4 Å². The number of esters is 5. The van der Waals surface area contributed by atoms with Crippen molar-refractivity contribution in [2.75, 3.05) is 74.9 Å². The average Bonchev–Trinajstić information content (AvgIpc) is 0.793. The minimum atomic E-state index is -1.32. The molecule has 0 heterocycles. The van der Waals surface area contributed by atoms with E-state index in [0.717, 1.165) is 73.8 Å². The van der Waals surface area contributed by atoms with Crippen LogP contribution >= 0.6 is 45.2 Å². The normalized spacial score (nSPS) is 27.7. The van der Waals surface area contributed by atoms with Gasteiger partial charge in [0.1, 0.15) is 31.5 Å². The van der Waals surface area contributed by atoms with Gasteiger partial charge in [0.2, 0.25) is 0 Å². The van der Waals surface area contributed by atoms with E-state index in [1.807, 2.05) is 41.5 Å². The Morgan fingerprint density at radius 1 is 0.422 bits per heavy atom. The number of fused-ring (bicyclic) bond motifs is 3. The van der Waals surface area contributed by atoms with Crippen LogP contribution in [0.15, 0.2) is 71.4 Å². The molecule has 3 unspecified atom stereocenters. The second-order valence-corrected chi connectivity index (χ2v) is 33.5. The fourth-order valence-electron chi connectivity index (χ4n) is 15.5. The summed E-state index contributed by atoms with van der Waals surface area (Å²) in [6.07, 6.45) is 20.5. The van der Waals surface area contributed by atoms with E-state index in [9.17, 15) is 64.5 Å². The van der Waals surface area contributed by atoms with Crippen LogP contribution in [-0.2, 0) is 71.4 Å². The molecule has 0 radical (unpaired) electrons. The summed E-state index contributed by atoms with van der Waals surface area (Å²) in [7, 11) is 0. The number of aliphatic carboxylic acids is 1. The van der Waals surface area contributed by atoms with E-state index in [4.69, 9.17) is 42.6 Å². The predicted octanol–water partition coefficient (Wildman–Crippen LogP) is 8.67. The molecule has 0 saturated heterocycles. The largest absolute Gasteiger partial charge is 1.00 e. The van der Waals surface area contributed by atoms with Crippen LogP contribution in [0.2, 0.25) is 0 Å². The number of hydrogen-bond acceptors (Lipinski definition) is 22. The van der Waals surface area contributed by atoms with Gasteiger partial charge in [-0.3, -0.25) is 24.0 Å². The van der Waals surface area contributed by atoms with E-state index in [2.05, 4.69) is 141 Å². The number of aliphatic hydroxyl groups excluding tert-OH is 6. The summed E-state index contributed by atoms with van der Waals surface area (Å²) in [5.41, 5.74) is 3.57. The summed E-state index contributed by atoms with van der Waals surface area (Å²) in [4.78, 5) is 73.4. The fraction of sp³-hybridized carbons (Fsp3) is 0.786. The molecule has 618 valence electrons. The molecular formula is C84H135I2NaO22. The SMILES string of the molecule is CCC(C)C(=O)O[C@H]1C[C@@H](C)C=C2C=C[C@H](C)[C@H](CC[C@H](O)C[C@@H](O)CC(=O)[O-])[C@H]21.CCC(C)C(=O)O[C@H]1C[C@@H](C)C=C2C=C[C@H](C)[C@H](CC[C@H](O)C[C@H](O)CC(=O)OCCOCCOCCOC(=O)C[C@H](O)C[C@@H](O)CC[C@@H]3[C@@H]4C(=C[C@H](C)C[C@@H]4OC(=O)C(C)CC)C=C[C@@H]3C)[C@H]21.ICCOCCOCCI.[Na+]. The standard InChI is InChI=1S/C54H86O14.C24H38O6.C6H12I2O2.Na/c1-9-35(5)53(61)67-47-27-33(3)25-39-13-11-37(7)45(51(39)47)17-15-41(55)29-43(57)31-49(59)65-23-21-63-19-20-64-22-24-66-50(60)32-44(58)30-42(56)16-18-46-38(8)12-14-40-26-34(4)28-48(52(40)46)68-54(62)36(6)10-2;1-5-15(3)24(29)30-21-11-14(2)10-17-7-6-16(4)20(23(17)21)9-8-18(25)12-19(26)13-22(27)28;7-1-3-9-5-6-10-4-2-8;/h11-14,25-26,33-38,41-48,51-52,55-58H,9-10,15-24,27-32H2,1-8H3;6-7,10,14-16,18-21,23,25-26H,5,8-9,11-13H2,1-4H3,(H,27,28);1-6H2;/q;;;+1/p-1/t33-,34-,35?,36?,37-,38-,41-,42-,43-,44+,45-,46-,47-,48-,51-,52-;14-,15?,16-,18-,19+,20-,21-,23-;;/m00../s1. The van der Waals surface area contributed by atoms with Gasteiger partial charge in [0.25, 0.3) is 0 Å². The van der Waals surface area contributed by atoms with Crippen LogP contribution in [0, 0.1) is 88.8 Å². The van der Waals surface area contributed by atoms with Crippen molar-refractivity contribution in [2.24, 2.45) is 88.8 Å². The number of allylic oxidation sites excluding steroid dienone is 9. The quantitative estimate of drug-likeness (QED) is 0.00828. The van der Waals surface area contributed by atoms with Crippen molar-refractivity contribution in [3.8, 4) is 0 Å². The molecule has 0 aromatic heterocycles. The van der Waals surface area contributed by atoms with Crippen molar-refractivity contribution < 1.29 is 137 Å². The molecule has 24 atom stereocenters. The zero-order valence-electron chi connectivity index (χ0n) is 67.7. The molecule has 0 saturated carbocycles. The van der Waals surface area contributed by atoms with Gasteiger partial charge in [0, 0.05) is 39.0 Å². The monoisotopic (exact) mass is 1770 g/mol. The minimum Gasteiger partial charge on any atom is -0.550 e. The number of alkyl halides is 2. The number of carbonyl (C=O) groups is 6. The van der Waals surface area contributed by atoms with Gasteiger partial charge in [0.05, 0.1) is 120 Å². The summed E-state index contributed by atoms with van der Waals surface area (Å²) in [6.45, 7) is 28.2. The van der Waals surface area contributed by atoms with E-state index in [1.54, 1.807) is 0 Å². The Hall–Kier alpha value is -2.68. The van der Waals surface area contributed by atoms with Crippen LogP contribution in [0.3, 0.4) is 0 Å². The Kier molecular flexibility index (Phi) is 50.7. The van der Waals surface area contributed by atoms with E-state index in [0.29, 0.717) is 56.3 Å². The number of carboxylic acids is 1. The molecule has 6 rings (SSSR count). The second-order valence-electron chi connectivity index (χ2n) is 31.3. The molecule has 22 nitrogen and oxygen atoms in total. The maximum atomic E-state index is 12.8. The first-order valence-electron chi connectivity index (χ1n) is 40.3. The first kappa shape index (κ1) is 101. The number of hydrogen-bond donors (Lipinski definition) is 6. The Morgan fingerprint density at radius 3 is 0.954 bits per heavy atom. The van der Waals surface area contributed by atoms with Gasteiger partial charge in [-0.1, -0.05) is 183 Å². The molecule has 6 N–H and O–H groups in total. The summed E-state index contributed by atoms with van der Waals surface area (Å²) in [5.74, 6) is -1.10. The fourth-order valence-corrected chi connectivity index (χ4v) is 16.2. The molecule has 0 spiro atoms. The maximum Gasteiger partial charge on any atom is 1.00 e. The van der Waals surface area contributed by atoms with Crippen LogP contribution < -0.4 is 34.7 Å². The van der Waals surface area contributed by atoms with Crippen molar-refractivity contribution >= 4 is 81.0 Å². The Morgan fingerprint density at radius 2 is 0.688 bits per heavy atom. The third-order valence-electron chi connectivity index (χ3n) is 22.1. The molecule has 25 heteroatoms. The Bertz CT molecular complexity index is 2720. The van der Waals surface area contributed by atoms with Gasteiger partial charge in [0.15, 0.2) is 0 Å². The van der Waals surface area contributed by atoms with Crippen LogP contribution in [0.25, 0.3) is 0 Å².